The van der Waals surface area contributed by atoms with Crippen molar-refractivity contribution in [3.63, 3.8) is 0 Å². The molecular weight excluding hydrogens is 228 g/mol. The van der Waals surface area contributed by atoms with E-state index in [4.69, 9.17) is 5.26 Å². The number of hydrogen-bond acceptors (Lipinski definition) is 4. The lowest BCUT2D eigenvalue weighted by Gasteiger charge is -2.33. The molecule has 18 heavy (non-hydrogen) atoms. The fourth-order valence-electron chi connectivity index (χ4n) is 2.07. The van der Waals surface area contributed by atoms with Crippen molar-refractivity contribution in [1.82, 2.24) is 14.8 Å². The summed E-state index contributed by atoms with van der Waals surface area (Å²) < 4.78 is 0. The molecule has 94 valence electrons. The molecule has 1 aliphatic heterocycles. The molecule has 0 radical (unpaired) electrons. The topological polar surface area (TPSA) is 60.2 Å². The lowest BCUT2D eigenvalue weighted by Crippen LogP contribution is -2.48. The molecular formula is C13H16N4O. The number of nitriles is 1. The van der Waals surface area contributed by atoms with Crippen molar-refractivity contribution in [2.75, 3.05) is 32.7 Å². The van der Waals surface area contributed by atoms with Crippen LogP contribution in [0.5, 0.6) is 0 Å². The predicted octanol–water partition coefficient (Wildman–Crippen LogP) is 0.671. The van der Waals surface area contributed by atoms with Gasteiger partial charge in [0.2, 0.25) is 0 Å². The van der Waals surface area contributed by atoms with E-state index in [-0.39, 0.29) is 5.91 Å². The van der Waals surface area contributed by atoms with Gasteiger partial charge in [0, 0.05) is 32.4 Å². The van der Waals surface area contributed by atoms with Gasteiger partial charge in [0.25, 0.3) is 5.91 Å². The highest BCUT2D eigenvalue weighted by Crippen LogP contribution is 2.10. The molecule has 1 aromatic heterocycles. The Labute approximate surface area is 107 Å². The van der Waals surface area contributed by atoms with Gasteiger partial charge in [-0.3, -0.25) is 14.7 Å². The predicted molar refractivity (Wildman–Crippen MR) is 66.9 cm³/mol. The van der Waals surface area contributed by atoms with Crippen LogP contribution in [-0.2, 0) is 0 Å². The van der Waals surface area contributed by atoms with E-state index in [1.54, 1.807) is 6.20 Å². The van der Waals surface area contributed by atoms with Gasteiger partial charge in [0.05, 0.1) is 12.6 Å². The fraction of sp³-hybridized carbons (Fsp3) is 0.462. The normalized spacial score (nSPS) is 16.3. The number of rotatable bonds is 2. The molecule has 1 aliphatic rings. The minimum Gasteiger partial charge on any atom is -0.335 e. The van der Waals surface area contributed by atoms with E-state index in [2.05, 4.69) is 16.0 Å². The van der Waals surface area contributed by atoms with E-state index in [0.717, 1.165) is 18.7 Å². The van der Waals surface area contributed by atoms with Gasteiger partial charge in [0.1, 0.15) is 5.69 Å². The second-order valence-corrected chi connectivity index (χ2v) is 4.40. The SMILES string of the molecule is Cc1cccnc1C(=O)N1CCN(CC#N)CC1. The molecule has 2 rings (SSSR count). The molecule has 0 atom stereocenters. The maximum Gasteiger partial charge on any atom is 0.272 e. The number of aromatic nitrogens is 1. The van der Waals surface area contributed by atoms with E-state index in [9.17, 15) is 4.79 Å². The Balaban J connectivity index is 2.00. The van der Waals surface area contributed by atoms with E-state index < -0.39 is 0 Å². The molecule has 0 saturated carbocycles. The van der Waals surface area contributed by atoms with Crippen LogP contribution in [0, 0.1) is 18.3 Å². The molecule has 1 saturated heterocycles. The second-order valence-electron chi connectivity index (χ2n) is 4.40. The smallest absolute Gasteiger partial charge is 0.272 e. The highest BCUT2D eigenvalue weighted by atomic mass is 16.2. The Morgan fingerprint density at radius 1 is 1.44 bits per heavy atom. The molecule has 0 aliphatic carbocycles. The van der Waals surface area contributed by atoms with E-state index >= 15 is 0 Å². The summed E-state index contributed by atoms with van der Waals surface area (Å²) in [4.78, 5) is 20.3. The Morgan fingerprint density at radius 2 is 2.17 bits per heavy atom. The number of pyridine rings is 1. The summed E-state index contributed by atoms with van der Waals surface area (Å²) in [6.45, 7) is 5.17. The molecule has 5 nitrogen and oxygen atoms in total. The van der Waals surface area contributed by atoms with Gasteiger partial charge in [-0.1, -0.05) is 6.07 Å². The van der Waals surface area contributed by atoms with Crippen LogP contribution in [-0.4, -0.2) is 53.4 Å². The van der Waals surface area contributed by atoms with E-state index in [1.807, 2.05) is 24.0 Å². The molecule has 0 aromatic carbocycles. The van der Waals surface area contributed by atoms with Gasteiger partial charge >= 0.3 is 0 Å². The Morgan fingerprint density at radius 3 is 2.78 bits per heavy atom. The number of aryl methyl sites for hydroxylation is 1. The molecule has 0 spiro atoms. The van der Waals surface area contributed by atoms with Crippen molar-refractivity contribution < 1.29 is 4.79 Å². The summed E-state index contributed by atoms with van der Waals surface area (Å²) in [6.07, 6.45) is 1.65. The van der Waals surface area contributed by atoms with E-state index in [1.165, 1.54) is 0 Å². The Kier molecular flexibility index (Phi) is 3.90. The largest absolute Gasteiger partial charge is 0.335 e. The minimum absolute atomic E-state index is 0.00953. The minimum atomic E-state index is -0.00953. The van der Waals surface area contributed by atoms with Crippen LogP contribution in [0.15, 0.2) is 18.3 Å². The van der Waals surface area contributed by atoms with Crippen LogP contribution in [0.4, 0.5) is 0 Å². The average molecular weight is 244 g/mol. The molecule has 0 N–H and O–H groups in total. The van der Waals surface area contributed by atoms with Crippen LogP contribution >= 0.6 is 0 Å². The third-order valence-corrected chi connectivity index (χ3v) is 3.17. The fourth-order valence-corrected chi connectivity index (χ4v) is 2.07. The zero-order valence-corrected chi connectivity index (χ0v) is 10.5. The summed E-state index contributed by atoms with van der Waals surface area (Å²) >= 11 is 0. The molecule has 0 unspecified atom stereocenters. The highest BCUT2D eigenvalue weighted by molar-refractivity contribution is 5.93. The first kappa shape index (κ1) is 12.5. The Hall–Kier alpha value is -1.93. The van der Waals surface area contributed by atoms with Crippen molar-refractivity contribution >= 4 is 5.91 Å². The maximum absolute atomic E-state index is 12.3. The zero-order valence-electron chi connectivity index (χ0n) is 10.5. The molecule has 1 amide bonds. The number of carbonyl (C=O) groups is 1. The van der Waals surface area contributed by atoms with Gasteiger partial charge in [-0.05, 0) is 18.6 Å². The number of nitrogens with zero attached hydrogens (tertiary/aromatic N) is 4. The number of amides is 1. The second kappa shape index (κ2) is 5.61. The number of carbonyl (C=O) groups excluding carboxylic acids is 1. The van der Waals surface area contributed by atoms with Gasteiger partial charge in [0.15, 0.2) is 0 Å². The summed E-state index contributed by atoms with van der Waals surface area (Å²) in [6, 6.07) is 5.86. The number of hydrogen-bond donors (Lipinski definition) is 0. The van der Waals surface area contributed by atoms with Crippen molar-refractivity contribution in [3.05, 3.63) is 29.6 Å². The maximum atomic E-state index is 12.3. The van der Waals surface area contributed by atoms with E-state index in [0.29, 0.717) is 25.3 Å². The van der Waals surface area contributed by atoms with Gasteiger partial charge in [-0.15, -0.1) is 0 Å². The lowest BCUT2D eigenvalue weighted by molar-refractivity contribution is 0.0645. The average Bonchev–Trinajstić information content (AvgIpc) is 2.40. The quantitative estimate of drug-likeness (QED) is 0.717. The lowest BCUT2D eigenvalue weighted by atomic mass is 10.2. The molecule has 5 heteroatoms. The van der Waals surface area contributed by atoms with Crippen LogP contribution in [0.25, 0.3) is 0 Å². The van der Waals surface area contributed by atoms with Crippen molar-refractivity contribution in [2.24, 2.45) is 0 Å². The number of piperazine rings is 1. The molecule has 1 fully saturated rings. The van der Waals surface area contributed by atoms with Crippen LogP contribution in [0.1, 0.15) is 16.1 Å². The molecule has 2 heterocycles. The van der Waals surface area contributed by atoms with Gasteiger partial charge in [-0.2, -0.15) is 5.26 Å². The third-order valence-electron chi connectivity index (χ3n) is 3.17. The first-order valence-electron chi connectivity index (χ1n) is 6.02. The zero-order chi connectivity index (χ0) is 13.0. The van der Waals surface area contributed by atoms with Crippen LogP contribution < -0.4 is 0 Å². The third kappa shape index (κ3) is 2.66. The molecule has 0 bridgehead atoms. The van der Waals surface area contributed by atoms with Gasteiger partial charge < -0.3 is 4.90 Å². The summed E-state index contributed by atoms with van der Waals surface area (Å²) in [7, 11) is 0. The van der Waals surface area contributed by atoms with Crippen LogP contribution in [0.2, 0.25) is 0 Å². The van der Waals surface area contributed by atoms with Crippen molar-refractivity contribution in [1.29, 1.82) is 5.26 Å². The highest BCUT2D eigenvalue weighted by Gasteiger charge is 2.23. The monoisotopic (exact) mass is 244 g/mol. The summed E-state index contributed by atoms with van der Waals surface area (Å²) in [5.74, 6) is -0.00953. The van der Waals surface area contributed by atoms with Crippen LogP contribution in [0.3, 0.4) is 0 Å². The standard InChI is InChI=1S/C13H16N4O/c1-11-3-2-5-15-12(11)13(18)17-9-7-16(6-4-14)8-10-17/h2-3,5H,6-10H2,1H3. The summed E-state index contributed by atoms with van der Waals surface area (Å²) in [5, 5.41) is 8.63. The van der Waals surface area contributed by atoms with Gasteiger partial charge in [-0.25, -0.2) is 0 Å². The summed E-state index contributed by atoms with van der Waals surface area (Å²) in [5.41, 5.74) is 1.44. The first-order valence-corrected chi connectivity index (χ1v) is 6.02. The first-order chi connectivity index (χ1) is 8.72. The van der Waals surface area contributed by atoms with Crippen molar-refractivity contribution in [2.45, 2.75) is 6.92 Å². The molecule has 1 aromatic rings. The Bertz CT molecular complexity index is 472. The van der Waals surface area contributed by atoms with Crippen molar-refractivity contribution in [3.8, 4) is 6.07 Å².